The monoisotopic (exact) mass is 318 g/mol. The number of amides is 1. The van der Waals surface area contributed by atoms with Crippen LogP contribution in [0.25, 0.3) is 0 Å². The molecule has 1 aromatic rings. The Bertz CT molecular complexity index is 573. The molecule has 2 N–H and O–H groups in total. The molecule has 0 bridgehead atoms. The Morgan fingerprint density at radius 1 is 1.48 bits per heavy atom. The SMILES string of the molecule is COc1ccc2c(c1)CC(C(=O)N1CCCC(C(C)N)C1)CO2. The number of carbonyl (C=O) groups excluding carboxylic acids is 1. The molecule has 0 aliphatic carbocycles. The van der Waals surface area contributed by atoms with Gasteiger partial charge in [-0.1, -0.05) is 0 Å². The van der Waals surface area contributed by atoms with Crippen LogP contribution in [0.15, 0.2) is 18.2 Å². The summed E-state index contributed by atoms with van der Waals surface area (Å²) in [5.41, 5.74) is 7.08. The average molecular weight is 318 g/mol. The summed E-state index contributed by atoms with van der Waals surface area (Å²) in [6.07, 6.45) is 2.86. The Morgan fingerprint density at radius 3 is 3.04 bits per heavy atom. The van der Waals surface area contributed by atoms with Crippen molar-refractivity contribution in [1.82, 2.24) is 4.90 Å². The zero-order valence-corrected chi connectivity index (χ0v) is 14.0. The summed E-state index contributed by atoms with van der Waals surface area (Å²) in [6.45, 7) is 4.10. The van der Waals surface area contributed by atoms with Crippen molar-refractivity contribution in [2.24, 2.45) is 17.6 Å². The molecule has 1 amide bonds. The maximum atomic E-state index is 12.9. The maximum Gasteiger partial charge on any atom is 0.229 e. The van der Waals surface area contributed by atoms with Crippen LogP contribution in [-0.2, 0) is 11.2 Å². The molecular weight excluding hydrogens is 292 g/mol. The van der Waals surface area contributed by atoms with Crippen LogP contribution in [0.4, 0.5) is 0 Å². The number of ether oxygens (including phenoxy) is 2. The summed E-state index contributed by atoms with van der Waals surface area (Å²) in [7, 11) is 1.65. The minimum absolute atomic E-state index is 0.110. The van der Waals surface area contributed by atoms with E-state index in [-0.39, 0.29) is 17.9 Å². The number of methoxy groups -OCH3 is 1. The van der Waals surface area contributed by atoms with Crippen molar-refractivity contribution in [2.45, 2.75) is 32.2 Å². The number of carbonyl (C=O) groups is 1. The molecule has 1 saturated heterocycles. The number of likely N-dealkylation sites (tertiary alicyclic amines) is 1. The van der Waals surface area contributed by atoms with Gasteiger partial charge in [0.2, 0.25) is 5.91 Å². The largest absolute Gasteiger partial charge is 0.497 e. The highest BCUT2D eigenvalue weighted by Crippen LogP contribution is 2.32. The Hall–Kier alpha value is -1.75. The summed E-state index contributed by atoms with van der Waals surface area (Å²) < 4.78 is 11.1. The Balaban J connectivity index is 1.68. The first-order valence-electron chi connectivity index (χ1n) is 8.42. The van der Waals surface area contributed by atoms with E-state index in [0.717, 1.165) is 43.0 Å². The first kappa shape index (κ1) is 16.1. The molecular formula is C18H26N2O3. The molecule has 2 aliphatic heterocycles. The standard InChI is InChI=1S/C18H26N2O3/c1-12(19)13-4-3-7-20(10-13)18(21)15-8-14-9-16(22-2)5-6-17(14)23-11-15/h5-6,9,12-13,15H,3-4,7-8,10-11,19H2,1-2H3. The summed E-state index contributed by atoms with van der Waals surface area (Å²) in [5.74, 6) is 2.16. The minimum Gasteiger partial charge on any atom is -0.497 e. The molecule has 126 valence electrons. The second kappa shape index (κ2) is 6.79. The minimum atomic E-state index is -0.110. The van der Waals surface area contributed by atoms with E-state index in [1.54, 1.807) is 7.11 Å². The van der Waals surface area contributed by atoms with Gasteiger partial charge in [-0.05, 0) is 55.9 Å². The number of fused-ring (bicyclic) bond motifs is 1. The third kappa shape index (κ3) is 3.44. The fourth-order valence-corrected chi connectivity index (χ4v) is 3.55. The zero-order valence-electron chi connectivity index (χ0n) is 14.0. The molecule has 2 heterocycles. The van der Waals surface area contributed by atoms with Crippen molar-refractivity contribution in [3.8, 4) is 11.5 Å². The van der Waals surface area contributed by atoms with Gasteiger partial charge < -0.3 is 20.1 Å². The number of benzene rings is 1. The van der Waals surface area contributed by atoms with Gasteiger partial charge in [0.05, 0.1) is 13.0 Å². The fourth-order valence-electron chi connectivity index (χ4n) is 3.55. The second-order valence-electron chi connectivity index (χ2n) is 6.73. The second-order valence-corrected chi connectivity index (χ2v) is 6.73. The van der Waals surface area contributed by atoms with Crippen LogP contribution in [-0.4, -0.2) is 43.7 Å². The molecule has 1 aromatic carbocycles. The van der Waals surface area contributed by atoms with E-state index in [1.807, 2.05) is 30.0 Å². The van der Waals surface area contributed by atoms with Crippen LogP contribution in [0, 0.1) is 11.8 Å². The number of nitrogens with zero attached hydrogens (tertiary/aromatic N) is 1. The van der Waals surface area contributed by atoms with Gasteiger partial charge in [0.15, 0.2) is 0 Å². The van der Waals surface area contributed by atoms with Gasteiger partial charge in [-0.15, -0.1) is 0 Å². The molecule has 0 spiro atoms. The molecule has 2 aliphatic rings. The maximum absolute atomic E-state index is 12.9. The van der Waals surface area contributed by atoms with Crippen molar-refractivity contribution >= 4 is 5.91 Å². The quantitative estimate of drug-likeness (QED) is 0.923. The van der Waals surface area contributed by atoms with Crippen molar-refractivity contribution < 1.29 is 14.3 Å². The summed E-state index contributed by atoms with van der Waals surface area (Å²) >= 11 is 0. The highest BCUT2D eigenvalue weighted by Gasteiger charge is 2.33. The Morgan fingerprint density at radius 2 is 2.30 bits per heavy atom. The molecule has 1 fully saturated rings. The normalized spacial score (nSPS) is 25.3. The topological polar surface area (TPSA) is 64.8 Å². The number of nitrogens with two attached hydrogens (primary N) is 1. The van der Waals surface area contributed by atoms with Gasteiger partial charge in [0, 0.05) is 19.1 Å². The molecule has 5 heteroatoms. The summed E-state index contributed by atoms with van der Waals surface area (Å²) in [5, 5.41) is 0. The van der Waals surface area contributed by atoms with Gasteiger partial charge in [0.1, 0.15) is 18.1 Å². The lowest BCUT2D eigenvalue weighted by Crippen LogP contribution is -2.48. The van der Waals surface area contributed by atoms with E-state index in [1.165, 1.54) is 0 Å². The first-order valence-corrected chi connectivity index (χ1v) is 8.42. The van der Waals surface area contributed by atoms with E-state index >= 15 is 0 Å². The van der Waals surface area contributed by atoms with Gasteiger partial charge >= 0.3 is 0 Å². The zero-order chi connectivity index (χ0) is 16.4. The lowest BCUT2D eigenvalue weighted by atomic mass is 9.90. The Labute approximate surface area is 137 Å². The van der Waals surface area contributed by atoms with Crippen molar-refractivity contribution in [1.29, 1.82) is 0 Å². The van der Waals surface area contributed by atoms with Crippen LogP contribution in [0.5, 0.6) is 11.5 Å². The summed E-state index contributed by atoms with van der Waals surface area (Å²) in [4.78, 5) is 14.8. The van der Waals surface area contributed by atoms with E-state index in [4.69, 9.17) is 15.2 Å². The van der Waals surface area contributed by atoms with E-state index in [2.05, 4.69) is 0 Å². The Kier molecular flexibility index (Phi) is 4.76. The molecule has 3 atom stereocenters. The molecule has 0 radical (unpaired) electrons. The lowest BCUT2D eigenvalue weighted by molar-refractivity contribution is -0.138. The highest BCUT2D eigenvalue weighted by molar-refractivity contribution is 5.80. The molecule has 0 saturated carbocycles. The average Bonchev–Trinajstić information content (AvgIpc) is 2.60. The third-order valence-corrected chi connectivity index (χ3v) is 5.04. The van der Waals surface area contributed by atoms with Gasteiger partial charge in [0.25, 0.3) is 0 Å². The molecule has 3 rings (SSSR count). The smallest absolute Gasteiger partial charge is 0.229 e. The number of piperidine rings is 1. The van der Waals surface area contributed by atoms with Gasteiger partial charge in [-0.3, -0.25) is 4.79 Å². The van der Waals surface area contributed by atoms with Crippen molar-refractivity contribution in [3.05, 3.63) is 23.8 Å². The third-order valence-electron chi connectivity index (χ3n) is 5.04. The van der Waals surface area contributed by atoms with Gasteiger partial charge in [-0.25, -0.2) is 0 Å². The van der Waals surface area contributed by atoms with Crippen LogP contribution in [0.1, 0.15) is 25.3 Å². The number of hydrogen-bond acceptors (Lipinski definition) is 4. The van der Waals surface area contributed by atoms with Crippen LogP contribution >= 0.6 is 0 Å². The molecule has 23 heavy (non-hydrogen) atoms. The van der Waals surface area contributed by atoms with E-state index in [9.17, 15) is 4.79 Å². The lowest BCUT2D eigenvalue weighted by Gasteiger charge is -2.37. The number of hydrogen-bond donors (Lipinski definition) is 1. The van der Waals surface area contributed by atoms with E-state index in [0.29, 0.717) is 18.9 Å². The predicted octanol–water partition coefficient (Wildman–Crippen LogP) is 1.83. The predicted molar refractivity (Wildman–Crippen MR) is 88.6 cm³/mol. The molecule has 5 nitrogen and oxygen atoms in total. The van der Waals surface area contributed by atoms with E-state index < -0.39 is 0 Å². The van der Waals surface area contributed by atoms with Crippen molar-refractivity contribution in [3.63, 3.8) is 0 Å². The number of rotatable bonds is 3. The molecule has 0 aromatic heterocycles. The highest BCUT2D eigenvalue weighted by atomic mass is 16.5. The van der Waals surface area contributed by atoms with Gasteiger partial charge in [-0.2, -0.15) is 0 Å². The summed E-state index contributed by atoms with van der Waals surface area (Å²) in [6, 6.07) is 5.91. The van der Waals surface area contributed by atoms with Crippen molar-refractivity contribution in [2.75, 3.05) is 26.8 Å². The fraction of sp³-hybridized carbons (Fsp3) is 0.611. The molecule has 3 unspecified atom stereocenters. The first-order chi connectivity index (χ1) is 11.1. The van der Waals surface area contributed by atoms with Crippen LogP contribution in [0.3, 0.4) is 0 Å². The van der Waals surface area contributed by atoms with Crippen LogP contribution < -0.4 is 15.2 Å². The van der Waals surface area contributed by atoms with Crippen LogP contribution in [0.2, 0.25) is 0 Å².